The van der Waals surface area contributed by atoms with Crippen LogP contribution in [0.4, 0.5) is 0 Å². The zero-order chi connectivity index (χ0) is 14.5. The Balaban J connectivity index is 1.94. The second-order valence-corrected chi connectivity index (χ2v) is 5.19. The lowest BCUT2D eigenvalue weighted by atomic mass is 10.2. The van der Waals surface area contributed by atoms with Crippen LogP contribution < -0.4 is 0 Å². The van der Waals surface area contributed by atoms with Crippen molar-refractivity contribution in [3.05, 3.63) is 18.0 Å². The average molecular weight is 281 g/mol. The number of ether oxygens (including phenoxy) is 1. The summed E-state index contributed by atoms with van der Waals surface area (Å²) in [5, 5.41) is 13.6. The second-order valence-electron chi connectivity index (χ2n) is 5.19. The zero-order valence-corrected chi connectivity index (χ0v) is 12.2. The highest BCUT2D eigenvalue weighted by Crippen LogP contribution is 2.16. The molecule has 0 saturated carbocycles. The summed E-state index contributed by atoms with van der Waals surface area (Å²) in [4.78, 5) is 13.0. The molecule has 112 valence electrons. The van der Waals surface area contributed by atoms with Gasteiger partial charge in [0.25, 0.3) is 0 Å². The van der Waals surface area contributed by atoms with Gasteiger partial charge in [0, 0.05) is 25.8 Å². The van der Waals surface area contributed by atoms with Crippen molar-refractivity contribution in [3.8, 4) is 0 Å². The average Bonchev–Trinajstić information content (AvgIpc) is 2.89. The Bertz CT molecular complexity index is 443. The van der Waals surface area contributed by atoms with Gasteiger partial charge in [-0.1, -0.05) is 13.8 Å². The van der Waals surface area contributed by atoms with Crippen LogP contribution in [0.25, 0.3) is 0 Å². The zero-order valence-electron chi connectivity index (χ0n) is 12.2. The molecule has 6 heteroatoms. The molecule has 1 aliphatic heterocycles. The first kappa shape index (κ1) is 15.0. The van der Waals surface area contributed by atoms with Gasteiger partial charge in [0.15, 0.2) is 6.10 Å². The summed E-state index contributed by atoms with van der Waals surface area (Å²) in [5.74, 6) is -0.891. The molecule has 1 aromatic rings. The van der Waals surface area contributed by atoms with Gasteiger partial charge in [-0.2, -0.15) is 5.10 Å². The molecule has 2 heterocycles. The normalized spacial score (nSPS) is 20.4. The van der Waals surface area contributed by atoms with Crippen LogP contribution in [0.5, 0.6) is 0 Å². The molecule has 2 rings (SSSR count). The van der Waals surface area contributed by atoms with E-state index < -0.39 is 12.1 Å². The van der Waals surface area contributed by atoms with E-state index in [1.54, 1.807) is 0 Å². The standard InChI is InChI=1S/C14H23N3O3/c1-3-12(4-2)17-6-5-11(15-17)9-16-7-8-20-13(10-16)14(18)19/h5-6,12-13H,3-4,7-10H2,1-2H3,(H,18,19). The largest absolute Gasteiger partial charge is 0.479 e. The van der Waals surface area contributed by atoms with Crippen molar-refractivity contribution in [1.82, 2.24) is 14.7 Å². The van der Waals surface area contributed by atoms with E-state index in [1.807, 2.05) is 16.9 Å². The van der Waals surface area contributed by atoms with E-state index >= 15 is 0 Å². The number of aliphatic carboxylic acids is 1. The summed E-state index contributed by atoms with van der Waals surface area (Å²) in [6.45, 7) is 6.64. The molecule has 1 aromatic heterocycles. The third-order valence-corrected chi connectivity index (χ3v) is 3.79. The highest BCUT2D eigenvalue weighted by Gasteiger charge is 2.26. The molecule has 1 atom stereocenters. The summed E-state index contributed by atoms with van der Waals surface area (Å²) in [5.41, 5.74) is 0.989. The van der Waals surface area contributed by atoms with Gasteiger partial charge in [0.05, 0.1) is 18.3 Å². The maximum Gasteiger partial charge on any atom is 0.334 e. The van der Waals surface area contributed by atoms with Gasteiger partial charge < -0.3 is 9.84 Å². The molecule has 1 aliphatic rings. The van der Waals surface area contributed by atoms with Crippen molar-refractivity contribution in [1.29, 1.82) is 0 Å². The predicted molar refractivity (Wildman–Crippen MR) is 74.5 cm³/mol. The number of carboxylic acid groups (broad SMARTS) is 1. The number of morpholine rings is 1. The highest BCUT2D eigenvalue weighted by atomic mass is 16.5. The first-order valence-electron chi connectivity index (χ1n) is 7.24. The lowest BCUT2D eigenvalue weighted by molar-refractivity contribution is -0.156. The molecule has 0 aromatic carbocycles. The Hall–Kier alpha value is -1.40. The first-order chi connectivity index (χ1) is 9.63. The quantitative estimate of drug-likeness (QED) is 0.856. The summed E-state index contributed by atoms with van der Waals surface area (Å²) in [6.07, 6.45) is 3.43. The SMILES string of the molecule is CCC(CC)n1ccc(CN2CCOC(C(=O)O)C2)n1. The van der Waals surface area contributed by atoms with E-state index in [4.69, 9.17) is 9.84 Å². The maximum absolute atomic E-state index is 11.0. The van der Waals surface area contributed by atoms with Gasteiger partial charge in [0.2, 0.25) is 0 Å². The number of carbonyl (C=O) groups is 1. The van der Waals surface area contributed by atoms with Crippen LogP contribution in [0.1, 0.15) is 38.4 Å². The molecule has 20 heavy (non-hydrogen) atoms. The Morgan fingerprint density at radius 1 is 1.55 bits per heavy atom. The molecule has 0 radical (unpaired) electrons. The molecular weight excluding hydrogens is 258 g/mol. The summed E-state index contributed by atoms with van der Waals surface area (Å²) >= 11 is 0. The van der Waals surface area contributed by atoms with Crippen molar-refractivity contribution >= 4 is 5.97 Å². The third kappa shape index (κ3) is 3.58. The van der Waals surface area contributed by atoms with Gasteiger partial charge in [0.1, 0.15) is 0 Å². The number of aromatic nitrogens is 2. The van der Waals surface area contributed by atoms with E-state index in [1.165, 1.54) is 0 Å². The smallest absolute Gasteiger partial charge is 0.334 e. The molecular formula is C14H23N3O3. The molecule has 0 aliphatic carbocycles. The minimum Gasteiger partial charge on any atom is -0.479 e. The molecule has 6 nitrogen and oxygen atoms in total. The van der Waals surface area contributed by atoms with Gasteiger partial charge in [-0.25, -0.2) is 4.79 Å². The minimum absolute atomic E-state index is 0.424. The first-order valence-corrected chi connectivity index (χ1v) is 7.24. The van der Waals surface area contributed by atoms with Crippen LogP contribution in [-0.2, 0) is 16.1 Å². The third-order valence-electron chi connectivity index (χ3n) is 3.79. The van der Waals surface area contributed by atoms with Crippen LogP contribution in [0.3, 0.4) is 0 Å². The van der Waals surface area contributed by atoms with Gasteiger partial charge in [-0.3, -0.25) is 9.58 Å². The van der Waals surface area contributed by atoms with Gasteiger partial charge in [-0.05, 0) is 18.9 Å². The molecule has 1 N–H and O–H groups in total. The van der Waals surface area contributed by atoms with E-state index in [0.717, 1.165) is 25.1 Å². The Kier molecular flexibility index (Phi) is 5.14. The maximum atomic E-state index is 11.0. The fourth-order valence-electron chi connectivity index (χ4n) is 2.55. The Labute approximate surface area is 119 Å². The second kappa shape index (κ2) is 6.85. The van der Waals surface area contributed by atoms with Gasteiger partial charge in [-0.15, -0.1) is 0 Å². The van der Waals surface area contributed by atoms with Crippen LogP contribution >= 0.6 is 0 Å². The Morgan fingerprint density at radius 2 is 2.30 bits per heavy atom. The van der Waals surface area contributed by atoms with E-state index in [0.29, 0.717) is 25.7 Å². The molecule has 0 amide bonds. The van der Waals surface area contributed by atoms with Crippen LogP contribution in [0.15, 0.2) is 12.3 Å². The lowest BCUT2D eigenvalue weighted by Gasteiger charge is -2.30. The van der Waals surface area contributed by atoms with Crippen molar-refractivity contribution in [3.63, 3.8) is 0 Å². The monoisotopic (exact) mass is 281 g/mol. The highest BCUT2D eigenvalue weighted by molar-refractivity contribution is 5.72. The number of carboxylic acids is 1. The fraction of sp³-hybridized carbons (Fsp3) is 0.714. The summed E-state index contributed by atoms with van der Waals surface area (Å²) in [6, 6.07) is 2.46. The van der Waals surface area contributed by atoms with E-state index in [9.17, 15) is 4.79 Å². The summed E-state index contributed by atoms with van der Waals surface area (Å²) in [7, 11) is 0. The van der Waals surface area contributed by atoms with Crippen LogP contribution in [0.2, 0.25) is 0 Å². The van der Waals surface area contributed by atoms with Crippen LogP contribution in [0, 0.1) is 0 Å². The topological polar surface area (TPSA) is 67.6 Å². The molecule has 1 unspecified atom stereocenters. The summed E-state index contributed by atoms with van der Waals surface area (Å²) < 4.78 is 7.24. The lowest BCUT2D eigenvalue weighted by Crippen LogP contribution is -2.45. The van der Waals surface area contributed by atoms with E-state index in [2.05, 4.69) is 23.8 Å². The van der Waals surface area contributed by atoms with Gasteiger partial charge >= 0.3 is 5.97 Å². The van der Waals surface area contributed by atoms with Crippen molar-refractivity contribution in [2.75, 3.05) is 19.7 Å². The Morgan fingerprint density at radius 3 is 2.95 bits per heavy atom. The minimum atomic E-state index is -0.891. The van der Waals surface area contributed by atoms with Crippen molar-refractivity contribution < 1.29 is 14.6 Å². The number of rotatable bonds is 6. The molecule has 0 bridgehead atoms. The van der Waals surface area contributed by atoms with Crippen LogP contribution in [-0.4, -0.2) is 51.6 Å². The van der Waals surface area contributed by atoms with Crippen molar-refractivity contribution in [2.24, 2.45) is 0 Å². The molecule has 1 fully saturated rings. The number of hydrogen-bond acceptors (Lipinski definition) is 4. The van der Waals surface area contributed by atoms with E-state index in [-0.39, 0.29) is 0 Å². The molecule has 0 spiro atoms. The fourth-order valence-corrected chi connectivity index (χ4v) is 2.55. The van der Waals surface area contributed by atoms with Crippen molar-refractivity contribution in [2.45, 2.75) is 45.4 Å². The predicted octanol–water partition coefficient (Wildman–Crippen LogP) is 1.53. The number of hydrogen-bond donors (Lipinski definition) is 1. The number of nitrogens with zero attached hydrogens (tertiary/aromatic N) is 3. The molecule has 1 saturated heterocycles.